The summed E-state index contributed by atoms with van der Waals surface area (Å²) in [6.07, 6.45) is 0. The highest BCUT2D eigenvalue weighted by Crippen LogP contribution is 2.15. The number of nitrogens with one attached hydrogen (secondary N) is 2. The Bertz CT molecular complexity index is 962. The number of hydrazine groups is 1. The molecule has 148 valence electrons. The molecule has 3 aromatic carbocycles. The Balaban J connectivity index is 1.43. The van der Waals surface area contributed by atoms with Gasteiger partial charge in [-0.1, -0.05) is 30.3 Å². The quantitative estimate of drug-likeness (QED) is 0.418. The normalized spacial score (nSPS) is 10.1. The first-order chi connectivity index (χ1) is 14.1. The average molecular weight is 455 g/mol. The van der Waals surface area contributed by atoms with Crippen molar-refractivity contribution in [1.29, 1.82) is 0 Å². The second-order valence-corrected chi connectivity index (χ2v) is 6.78. The van der Waals surface area contributed by atoms with E-state index in [-0.39, 0.29) is 0 Å². The lowest BCUT2D eigenvalue weighted by Gasteiger charge is -2.10. The number of carbonyl (C=O) groups is 2. The number of hydrogen-bond acceptors (Lipinski definition) is 4. The van der Waals surface area contributed by atoms with E-state index in [4.69, 9.17) is 9.47 Å². The van der Waals surface area contributed by atoms with Crippen molar-refractivity contribution in [3.05, 3.63) is 94.5 Å². The number of hydrogen-bond donors (Lipinski definition) is 2. The van der Waals surface area contributed by atoms with Crippen molar-refractivity contribution in [3.63, 3.8) is 0 Å². The van der Waals surface area contributed by atoms with Crippen LogP contribution in [0.3, 0.4) is 0 Å². The van der Waals surface area contributed by atoms with Crippen molar-refractivity contribution in [2.45, 2.75) is 0 Å². The second-order valence-electron chi connectivity index (χ2n) is 5.92. The highest BCUT2D eigenvalue weighted by atomic mass is 79.9. The molecule has 3 rings (SSSR count). The predicted molar refractivity (Wildman–Crippen MR) is 113 cm³/mol. The van der Waals surface area contributed by atoms with Crippen LogP contribution in [0.1, 0.15) is 20.7 Å². The summed E-state index contributed by atoms with van der Waals surface area (Å²) in [5.74, 6) is 0.566. The molecule has 3 aromatic rings. The number of para-hydroxylation sites is 1. The topological polar surface area (TPSA) is 76.7 Å². The Hall–Kier alpha value is -3.32. The lowest BCUT2D eigenvalue weighted by molar-refractivity contribution is 0.0846. The van der Waals surface area contributed by atoms with Gasteiger partial charge in [-0.3, -0.25) is 20.4 Å². The van der Waals surface area contributed by atoms with Crippen molar-refractivity contribution in [1.82, 2.24) is 10.9 Å². The van der Waals surface area contributed by atoms with Gasteiger partial charge in [0.25, 0.3) is 11.8 Å². The molecule has 0 saturated heterocycles. The molecule has 2 amide bonds. The van der Waals surface area contributed by atoms with Gasteiger partial charge < -0.3 is 9.47 Å². The highest BCUT2D eigenvalue weighted by Gasteiger charge is 2.11. The van der Waals surface area contributed by atoms with E-state index in [1.54, 1.807) is 48.5 Å². The van der Waals surface area contributed by atoms with E-state index in [9.17, 15) is 9.59 Å². The van der Waals surface area contributed by atoms with E-state index >= 15 is 0 Å². The van der Waals surface area contributed by atoms with Gasteiger partial charge in [0.2, 0.25) is 0 Å². The molecular weight excluding hydrogens is 436 g/mol. The van der Waals surface area contributed by atoms with Crippen LogP contribution in [0.2, 0.25) is 0 Å². The summed E-state index contributed by atoms with van der Waals surface area (Å²) in [6.45, 7) is 0.787. The Kier molecular flexibility index (Phi) is 7.24. The fourth-order valence-electron chi connectivity index (χ4n) is 2.44. The van der Waals surface area contributed by atoms with Crippen LogP contribution < -0.4 is 20.3 Å². The summed E-state index contributed by atoms with van der Waals surface area (Å²) >= 11 is 3.30. The van der Waals surface area contributed by atoms with Crippen molar-refractivity contribution >= 4 is 27.7 Å². The van der Waals surface area contributed by atoms with Gasteiger partial charge in [-0.15, -0.1) is 0 Å². The van der Waals surface area contributed by atoms with Crippen LogP contribution in [-0.2, 0) is 0 Å². The Morgan fingerprint density at radius 1 is 0.690 bits per heavy atom. The van der Waals surface area contributed by atoms with Crippen LogP contribution in [0, 0.1) is 0 Å². The van der Waals surface area contributed by atoms with Crippen molar-refractivity contribution in [3.8, 4) is 11.5 Å². The molecule has 0 heterocycles. The zero-order valence-corrected chi connectivity index (χ0v) is 17.0. The third-order valence-corrected chi connectivity index (χ3v) is 4.58. The standard InChI is InChI=1S/C22H19BrN2O4/c23-20-9-5-4-8-19(20)22(27)25-24-21(26)16-10-12-18(13-11-16)29-15-14-28-17-6-2-1-3-7-17/h1-13H,14-15H2,(H,24,26)(H,25,27). The fraction of sp³-hybridized carbons (Fsp3) is 0.0909. The molecule has 0 saturated carbocycles. The SMILES string of the molecule is O=C(NNC(=O)c1ccccc1Br)c1ccc(OCCOc2ccccc2)cc1. The van der Waals surface area contributed by atoms with Crippen LogP contribution in [0.25, 0.3) is 0 Å². The molecule has 0 aliphatic carbocycles. The van der Waals surface area contributed by atoms with Gasteiger partial charge in [0.05, 0.1) is 5.56 Å². The minimum atomic E-state index is -0.427. The molecule has 29 heavy (non-hydrogen) atoms. The number of ether oxygens (including phenoxy) is 2. The first-order valence-corrected chi connectivity index (χ1v) is 9.69. The van der Waals surface area contributed by atoms with E-state index in [1.807, 2.05) is 30.3 Å². The number of benzene rings is 3. The molecule has 0 bridgehead atoms. The van der Waals surface area contributed by atoms with Gasteiger partial charge in [-0.2, -0.15) is 0 Å². The van der Waals surface area contributed by atoms with Gasteiger partial charge in [0, 0.05) is 10.0 Å². The molecule has 0 aliphatic heterocycles. The smallest absolute Gasteiger partial charge is 0.270 e. The van der Waals surface area contributed by atoms with Gasteiger partial charge in [0.1, 0.15) is 24.7 Å². The molecule has 0 aromatic heterocycles. The van der Waals surface area contributed by atoms with Crippen LogP contribution in [0.4, 0.5) is 0 Å². The lowest BCUT2D eigenvalue weighted by atomic mass is 10.2. The predicted octanol–water partition coefficient (Wildman–Crippen LogP) is 3.98. The van der Waals surface area contributed by atoms with Gasteiger partial charge in [0.15, 0.2) is 0 Å². The summed E-state index contributed by atoms with van der Waals surface area (Å²) in [7, 11) is 0. The molecule has 0 spiro atoms. The average Bonchev–Trinajstić information content (AvgIpc) is 2.76. The molecule has 0 radical (unpaired) electrons. The highest BCUT2D eigenvalue weighted by molar-refractivity contribution is 9.10. The monoisotopic (exact) mass is 454 g/mol. The third kappa shape index (κ3) is 6.08. The number of amides is 2. The Morgan fingerprint density at radius 2 is 1.24 bits per heavy atom. The Morgan fingerprint density at radius 3 is 1.90 bits per heavy atom. The van der Waals surface area contributed by atoms with E-state index in [0.29, 0.717) is 34.6 Å². The first-order valence-electron chi connectivity index (χ1n) is 8.89. The minimum Gasteiger partial charge on any atom is -0.490 e. The summed E-state index contributed by atoms with van der Waals surface area (Å²) < 4.78 is 11.8. The number of carbonyl (C=O) groups excluding carboxylic acids is 2. The van der Waals surface area contributed by atoms with Crippen LogP contribution in [0.5, 0.6) is 11.5 Å². The Labute approximate surface area is 176 Å². The van der Waals surface area contributed by atoms with E-state index in [2.05, 4.69) is 26.8 Å². The fourth-order valence-corrected chi connectivity index (χ4v) is 2.90. The van der Waals surface area contributed by atoms with E-state index in [0.717, 1.165) is 5.75 Å². The van der Waals surface area contributed by atoms with Crippen LogP contribution in [0.15, 0.2) is 83.3 Å². The molecule has 7 heteroatoms. The van der Waals surface area contributed by atoms with Gasteiger partial charge in [-0.25, -0.2) is 0 Å². The maximum atomic E-state index is 12.2. The molecule has 0 unspecified atom stereocenters. The molecular formula is C22H19BrN2O4. The van der Waals surface area contributed by atoms with Gasteiger partial charge in [-0.05, 0) is 64.5 Å². The van der Waals surface area contributed by atoms with Crippen LogP contribution in [-0.4, -0.2) is 25.0 Å². The molecule has 6 nitrogen and oxygen atoms in total. The van der Waals surface area contributed by atoms with Crippen molar-refractivity contribution < 1.29 is 19.1 Å². The number of halogens is 1. The zero-order chi connectivity index (χ0) is 20.5. The summed E-state index contributed by atoms with van der Waals surface area (Å²) in [6, 6.07) is 23.0. The van der Waals surface area contributed by atoms with Gasteiger partial charge >= 0.3 is 0 Å². The molecule has 0 fully saturated rings. The zero-order valence-electron chi connectivity index (χ0n) is 15.4. The second kappa shape index (κ2) is 10.3. The van der Waals surface area contributed by atoms with E-state index in [1.165, 1.54) is 0 Å². The maximum Gasteiger partial charge on any atom is 0.270 e. The largest absolute Gasteiger partial charge is 0.490 e. The van der Waals surface area contributed by atoms with E-state index < -0.39 is 11.8 Å². The molecule has 2 N–H and O–H groups in total. The van der Waals surface area contributed by atoms with Crippen molar-refractivity contribution in [2.24, 2.45) is 0 Å². The summed E-state index contributed by atoms with van der Waals surface area (Å²) in [5, 5.41) is 0. The molecule has 0 aliphatic rings. The molecule has 0 atom stereocenters. The summed E-state index contributed by atoms with van der Waals surface area (Å²) in [5.41, 5.74) is 5.61. The number of rotatable bonds is 7. The summed E-state index contributed by atoms with van der Waals surface area (Å²) in [4.78, 5) is 24.3. The van der Waals surface area contributed by atoms with Crippen LogP contribution >= 0.6 is 15.9 Å². The maximum absolute atomic E-state index is 12.2. The lowest BCUT2D eigenvalue weighted by Crippen LogP contribution is -2.41. The minimum absolute atomic E-state index is 0.377. The first kappa shape index (κ1) is 20.4. The third-order valence-electron chi connectivity index (χ3n) is 3.89. The van der Waals surface area contributed by atoms with Crippen molar-refractivity contribution in [2.75, 3.05) is 13.2 Å².